The van der Waals surface area contributed by atoms with E-state index in [1.54, 1.807) is 0 Å². The number of benzene rings is 1. The minimum absolute atomic E-state index is 0.0270. The van der Waals surface area contributed by atoms with Gasteiger partial charge in [-0.15, -0.1) is 5.10 Å². The Bertz CT molecular complexity index is 804. The molecule has 1 aliphatic rings. The van der Waals surface area contributed by atoms with Crippen LogP contribution in [0.4, 0.5) is 0 Å². The van der Waals surface area contributed by atoms with E-state index >= 15 is 0 Å². The highest BCUT2D eigenvalue weighted by Gasteiger charge is 2.25. The molecule has 1 saturated heterocycles. The first-order valence-electron chi connectivity index (χ1n) is 6.34. The van der Waals surface area contributed by atoms with Crippen molar-refractivity contribution in [3.63, 3.8) is 0 Å². The molecule has 124 valence electrons. The molecule has 0 aliphatic carbocycles. The molecule has 0 radical (unpaired) electrons. The largest absolute Gasteiger partial charge is 0.478 e. The third kappa shape index (κ3) is 4.21. The lowest BCUT2D eigenvalue weighted by Crippen LogP contribution is -2.19. The van der Waals surface area contributed by atoms with Gasteiger partial charge in [-0.3, -0.25) is 10.1 Å². The molecule has 1 fully saturated rings. The minimum Gasteiger partial charge on any atom is -0.478 e. The molecule has 0 spiro atoms. The molecule has 0 unspecified atom stereocenters. The van der Waals surface area contributed by atoms with Crippen LogP contribution in [0.1, 0.15) is 15.9 Å². The number of hydrogen-bond donors (Lipinski definition) is 2. The summed E-state index contributed by atoms with van der Waals surface area (Å²) in [5.74, 6) is -2.33. The number of hydrogen-bond acceptors (Lipinski definition) is 7. The zero-order valence-electron chi connectivity index (χ0n) is 12.1. The summed E-state index contributed by atoms with van der Waals surface area (Å²) < 4.78 is 4.44. The summed E-state index contributed by atoms with van der Waals surface area (Å²) >= 11 is 6.85. The molecule has 24 heavy (non-hydrogen) atoms. The van der Waals surface area contributed by atoms with Gasteiger partial charge in [0.15, 0.2) is 5.17 Å². The Morgan fingerprint density at radius 2 is 2.17 bits per heavy atom. The van der Waals surface area contributed by atoms with Gasteiger partial charge >= 0.3 is 11.9 Å². The van der Waals surface area contributed by atoms with E-state index < -0.39 is 17.8 Å². The summed E-state index contributed by atoms with van der Waals surface area (Å²) in [7, 11) is 1.19. The Morgan fingerprint density at radius 1 is 1.42 bits per heavy atom. The molecule has 8 nitrogen and oxygen atoms in total. The summed E-state index contributed by atoms with van der Waals surface area (Å²) in [5.41, 5.74) is 0.163. The number of esters is 1. The van der Waals surface area contributed by atoms with Crippen LogP contribution in [-0.4, -0.2) is 41.4 Å². The van der Waals surface area contributed by atoms with Crippen LogP contribution in [0.15, 0.2) is 39.4 Å². The fourth-order valence-electron chi connectivity index (χ4n) is 1.63. The Morgan fingerprint density at radius 3 is 2.83 bits per heavy atom. The number of amidine groups is 1. The highest BCUT2D eigenvalue weighted by Crippen LogP contribution is 2.23. The van der Waals surface area contributed by atoms with Gasteiger partial charge in [0, 0.05) is 11.6 Å². The van der Waals surface area contributed by atoms with Gasteiger partial charge in [0.2, 0.25) is 0 Å². The lowest BCUT2D eigenvalue weighted by Gasteiger charge is -2.01. The number of carboxylic acids is 1. The summed E-state index contributed by atoms with van der Waals surface area (Å²) in [5, 5.41) is 19.4. The Kier molecular flexibility index (Phi) is 5.72. The van der Waals surface area contributed by atoms with Gasteiger partial charge in [0.25, 0.3) is 5.91 Å². The number of halogens is 1. The number of amides is 1. The van der Waals surface area contributed by atoms with E-state index in [1.165, 1.54) is 31.5 Å². The molecule has 0 bridgehead atoms. The maximum Gasteiger partial charge on any atom is 0.336 e. The first-order valence-corrected chi connectivity index (χ1v) is 7.53. The lowest BCUT2D eigenvalue weighted by molar-refractivity contribution is -0.135. The van der Waals surface area contributed by atoms with Crippen LogP contribution in [0.3, 0.4) is 0 Å². The van der Waals surface area contributed by atoms with Gasteiger partial charge in [0.1, 0.15) is 0 Å². The maximum atomic E-state index is 11.6. The molecular weight excluding hydrogens is 358 g/mol. The fourth-order valence-corrected chi connectivity index (χ4v) is 2.60. The van der Waals surface area contributed by atoms with E-state index in [1.807, 2.05) is 0 Å². The van der Waals surface area contributed by atoms with Crippen molar-refractivity contribution in [2.24, 2.45) is 10.2 Å². The van der Waals surface area contributed by atoms with Crippen LogP contribution in [0, 0.1) is 0 Å². The lowest BCUT2D eigenvalue weighted by atomic mass is 10.1. The second-order valence-electron chi connectivity index (χ2n) is 4.24. The Labute approximate surface area is 145 Å². The van der Waals surface area contributed by atoms with E-state index in [0.29, 0.717) is 0 Å². The smallest absolute Gasteiger partial charge is 0.336 e. The number of thioether (sulfide) groups is 1. The van der Waals surface area contributed by atoms with Crippen molar-refractivity contribution in [3.8, 4) is 0 Å². The average Bonchev–Trinajstić information content (AvgIpc) is 2.88. The first-order chi connectivity index (χ1) is 11.4. The van der Waals surface area contributed by atoms with E-state index in [-0.39, 0.29) is 26.2 Å². The maximum absolute atomic E-state index is 11.6. The van der Waals surface area contributed by atoms with Crippen LogP contribution in [-0.2, 0) is 14.3 Å². The molecule has 1 aliphatic heterocycles. The first kappa shape index (κ1) is 17.7. The number of nitrogens with one attached hydrogen (secondary N) is 1. The number of carboxylic acid groups (broad SMARTS) is 1. The monoisotopic (exact) mass is 367 g/mol. The van der Waals surface area contributed by atoms with Crippen molar-refractivity contribution in [1.29, 1.82) is 0 Å². The molecule has 1 amide bonds. The van der Waals surface area contributed by atoms with Gasteiger partial charge < -0.3 is 9.84 Å². The number of carbonyl (C=O) groups is 3. The van der Waals surface area contributed by atoms with Crippen molar-refractivity contribution in [1.82, 2.24) is 5.32 Å². The van der Waals surface area contributed by atoms with E-state index in [2.05, 4.69) is 20.3 Å². The molecular formula is C14H10ClN3O5S. The Hall–Kier alpha value is -2.65. The molecule has 1 heterocycles. The molecule has 1 aromatic rings. The molecule has 2 rings (SSSR count). The average molecular weight is 368 g/mol. The Balaban J connectivity index is 2.19. The second kappa shape index (κ2) is 7.75. The zero-order chi connectivity index (χ0) is 17.7. The van der Waals surface area contributed by atoms with Crippen molar-refractivity contribution >= 4 is 52.6 Å². The van der Waals surface area contributed by atoms with Crippen LogP contribution in [0.25, 0.3) is 0 Å². The molecule has 0 aromatic heterocycles. The second-order valence-corrected chi connectivity index (χ2v) is 5.68. The highest BCUT2D eigenvalue weighted by molar-refractivity contribution is 8.18. The van der Waals surface area contributed by atoms with E-state index in [0.717, 1.165) is 17.8 Å². The summed E-state index contributed by atoms with van der Waals surface area (Å²) in [4.78, 5) is 34.0. The van der Waals surface area contributed by atoms with E-state index in [9.17, 15) is 14.4 Å². The number of aromatic carboxylic acids is 1. The van der Waals surface area contributed by atoms with Crippen LogP contribution < -0.4 is 5.32 Å². The molecule has 10 heteroatoms. The highest BCUT2D eigenvalue weighted by atomic mass is 35.5. The SMILES string of the molecule is COC(=O)/C=C1/S/C(=N\N=Cc2c(Cl)cccc2C(=O)O)NC1=O. The van der Waals surface area contributed by atoms with Crippen LogP contribution in [0.2, 0.25) is 5.02 Å². The zero-order valence-corrected chi connectivity index (χ0v) is 13.7. The standard InChI is InChI=1S/C14H10ClN3O5S/c1-23-11(19)5-10-12(20)17-14(24-10)18-16-6-8-7(13(21)22)3-2-4-9(8)15/h2-6H,1H3,(H,21,22)(H,17,18,20)/b10-5+,16-6?. The predicted molar refractivity (Wildman–Crippen MR) is 89.3 cm³/mol. The minimum atomic E-state index is -1.15. The number of nitrogens with zero attached hydrogens (tertiary/aromatic N) is 2. The normalized spacial score (nSPS) is 17.5. The summed E-state index contributed by atoms with van der Waals surface area (Å²) in [6.07, 6.45) is 2.20. The molecule has 0 atom stereocenters. The molecule has 0 saturated carbocycles. The van der Waals surface area contributed by atoms with Gasteiger partial charge in [-0.2, -0.15) is 5.10 Å². The van der Waals surface area contributed by atoms with Crippen LogP contribution in [0.5, 0.6) is 0 Å². The van der Waals surface area contributed by atoms with Crippen molar-refractivity contribution in [2.75, 3.05) is 7.11 Å². The topological polar surface area (TPSA) is 117 Å². The van der Waals surface area contributed by atoms with E-state index in [4.69, 9.17) is 16.7 Å². The van der Waals surface area contributed by atoms with Gasteiger partial charge in [-0.05, 0) is 23.9 Å². The van der Waals surface area contributed by atoms with Crippen molar-refractivity contribution < 1.29 is 24.2 Å². The predicted octanol–water partition coefficient (Wildman–Crippen LogP) is 1.65. The number of methoxy groups -OCH3 is 1. The summed E-state index contributed by atoms with van der Waals surface area (Å²) in [6, 6.07) is 4.41. The summed E-state index contributed by atoms with van der Waals surface area (Å²) in [6.45, 7) is 0. The van der Waals surface area contributed by atoms with Crippen LogP contribution >= 0.6 is 23.4 Å². The van der Waals surface area contributed by atoms with Gasteiger partial charge in [0.05, 0.1) is 28.8 Å². The third-order valence-corrected chi connectivity index (χ3v) is 3.95. The van der Waals surface area contributed by atoms with Crippen molar-refractivity contribution in [3.05, 3.63) is 45.3 Å². The van der Waals surface area contributed by atoms with Crippen molar-refractivity contribution in [2.45, 2.75) is 0 Å². The molecule has 1 aromatic carbocycles. The van der Waals surface area contributed by atoms with Gasteiger partial charge in [-0.1, -0.05) is 17.7 Å². The number of carbonyl (C=O) groups excluding carboxylic acids is 2. The quantitative estimate of drug-likeness (QED) is 0.361. The molecule has 2 N–H and O–H groups in total. The number of ether oxygens (including phenoxy) is 1. The van der Waals surface area contributed by atoms with Gasteiger partial charge in [-0.25, -0.2) is 9.59 Å². The number of rotatable bonds is 4. The fraction of sp³-hybridized carbons (Fsp3) is 0.0714. The third-order valence-electron chi connectivity index (χ3n) is 2.72.